The molecule has 178 valence electrons. The number of fused-ring (bicyclic) bond motifs is 1. The van der Waals surface area contributed by atoms with Crippen LogP contribution in [0.5, 0.6) is 5.88 Å². The van der Waals surface area contributed by atoms with Crippen molar-refractivity contribution in [1.29, 1.82) is 0 Å². The van der Waals surface area contributed by atoms with Crippen LogP contribution in [0.3, 0.4) is 0 Å². The normalized spacial score (nSPS) is 12.7. The average molecular weight is 472 g/mol. The van der Waals surface area contributed by atoms with Gasteiger partial charge in [0.1, 0.15) is 5.69 Å². The molecule has 2 N–H and O–H groups in total. The summed E-state index contributed by atoms with van der Waals surface area (Å²) < 4.78 is 48.6. The number of hydrogen-bond acceptors (Lipinski definition) is 5. The Morgan fingerprint density at radius 3 is 2.56 bits per heavy atom. The van der Waals surface area contributed by atoms with Crippen LogP contribution in [0.2, 0.25) is 0 Å². The minimum Gasteiger partial charge on any atom is -0.467 e. The van der Waals surface area contributed by atoms with Gasteiger partial charge in [-0.2, -0.15) is 28.4 Å². The van der Waals surface area contributed by atoms with E-state index < -0.39 is 24.3 Å². The standard InChI is InChI=1S/C23H23F3N6O2/c1-12(19-13(2)29-30-14(19)3)27-17(33)11-34-18-10-16(23(24,25)26)20-21(15-8-6-5-7-9-15)31-32(4)22(20)28-18/h5-10,12H,11H2,1-4H3,(H,27,33)(H,29,30)/t12-/m1/s1. The van der Waals surface area contributed by atoms with E-state index >= 15 is 0 Å². The molecule has 1 atom stereocenters. The van der Waals surface area contributed by atoms with Crippen molar-refractivity contribution in [2.45, 2.75) is 33.0 Å². The van der Waals surface area contributed by atoms with Gasteiger partial charge in [-0.05, 0) is 20.8 Å². The minimum absolute atomic E-state index is 0.00195. The van der Waals surface area contributed by atoms with Crippen molar-refractivity contribution in [1.82, 2.24) is 30.3 Å². The fourth-order valence-electron chi connectivity index (χ4n) is 4.01. The lowest BCUT2D eigenvalue weighted by Gasteiger charge is -2.15. The van der Waals surface area contributed by atoms with Crippen LogP contribution < -0.4 is 10.1 Å². The van der Waals surface area contributed by atoms with E-state index in [0.717, 1.165) is 23.0 Å². The van der Waals surface area contributed by atoms with Crippen LogP contribution in [0, 0.1) is 13.8 Å². The van der Waals surface area contributed by atoms with E-state index in [2.05, 4.69) is 25.6 Å². The number of halogens is 3. The quantitative estimate of drug-likeness (QED) is 0.437. The molecule has 0 saturated heterocycles. The number of aromatic nitrogens is 5. The number of aryl methyl sites for hydroxylation is 3. The van der Waals surface area contributed by atoms with Crippen LogP contribution in [0.1, 0.15) is 35.5 Å². The fourth-order valence-corrected chi connectivity index (χ4v) is 4.01. The molecule has 8 nitrogen and oxygen atoms in total. The molecule has 0 saturated carbocycles. The van der Waals surface area contributed by atoms with Gasteiger partial charge in [0.15, 0.2) is 12.3 Å². The number of carbonyl (C=O) groups is 1. The van der Waals surface area contributed by atoms with Gasteiger partial charge in [0.25, 0.3) is 5.91 Å². The van der Waals surface area contributed by atoms with Crippen LogP contribution in [-0.2, 0) is 18.0 Å². The molecule has 0 aliphatic carbocycles. The first-order valence-electron chi connectivity index (χ1n) is 10.5. The molecule has 0 bridgehead atoms. The zero-order chi connectivity index (χ0) is 24.6. The van der Waals surface area contributed by atoms with E-state index in [1.165, 1.54) is 11.7 Å². The van der Waals surface area contributed by atoms with Gasteiger partial charge in [-0.15, -0.1) is 0 Å². The number of nitrogens with zero attached hydrogens (tertiary/aromatic N) is 4. The number of benzene rings is 1. The first-order chi connectivity index (χ1) is 16.1. The number of ether oxygens (including phenoxy) is 1. The zero-order valence-electron chi connectivity index (χ0n) is 19.0. The predicted molar refractivity (Wildman–Crippen MR) is 119 cm³/mol. The Morgan fingerprint density at radius 2 is 1.94 bits per heavy atom. The van der Waals surface area contributed by atoms with E-state index in [-0.39, 0.29) is 28.6 Å². The molecule has 0 fully saturated rings. The lowest BCUT2D eigenvalue weighted by atomic mass is 10.0. The molecule has 0 spiro atoms. The van der Waals surface area contributed by atoms with Crippen LogP contribution in [-0.4, -0.2) is 37.5 Å². The Bertz CT molecular complexity index is 1320. The van der Waals surface area contributed by atoms with Crippen molar-refractivity contribution in [3.63, 3.8) is 0 Å². The highest BCUT2D eigenvalue weighted by Crippen LogP contribution is 2.40. The highest BCUT2D eigenvalue weighted by Gasteiger charge is 2.36. The van der Waals surface area contributed by atoms with Gasteiger partial charge in [-0.25, -0.2) is 4.68 Å². The van der Waals surface area contributed by atoms with Crippen molar-refractivity contribution >= 4 is 16.9 Å². The molecule has 4 rings (SSSR count). The number of rotatable bonds is 6. The SMILES string of the molecule is Cc1n[nH]c(C)c1[C@@H](C)NC(=O)COc1cc(C(F)(F)F)c2c(-c3ccccc3)nn(C)c2n1. The molecule has 0 unspecified atom stereocenters. The third kappa shape index (κ3) is 4.45. The number of hydrogen-bond donors (Lipinski definition) is 2. The van der Waals surface area contributed by atoms with E-state index in [1.54, 1.807) is 37.3 Å². The summed E-state index contributed by atoms with van der Waals surface area (Å²) in [4.78, 5) is 16.6. The molecule has 4 aromatic rings. The zero-order valence-corrected chi connectivity index (χ0v) is 19.0. The summed E-state index contributed by atoms with van der Waals surface area (Å²) in [5.41, 5.74) is 2.18. The molecule has 11 heteroatoms. The van der Waals surface area contributed by atoms with Crippen molar-refractivity contribution < 1.29 is 22.7 Å². The maximum atomic E-state index is 14.0. The number of alkyl halides is 3. The summed E-state index contributed by atoms with van der Waals surface area (Å²) in [6.07, 6.45) is -4.68. The van der Waals surface area contributed by atoms with Gasteiger partial charge in [0.05, 0.1) is 22.7 Å². The Morgan fingerprint density at radius 1 is 1.24 bits per heavy atom. The molecule has 0 aliphatic heterocycles. The topological polar surface area (TPSA) is 97.7 Å². The lowest BCUT2D eigenvalue weighted by molar-refractivity contribution is -0.136. The number of nitrogens with one attached hydrogen (secondary N) is 2. The minimum atomic E-state index is -4.68. The summed E-state index contributed by atoms with van der Waals surface area (Å²) in [7, 11) is 1.51. The number of amides is 1. The highest BCUT2D eigenvalue weighted by atomic mass is 19.4. The monoisotopic (exact) mass is 472 g/mol. The molecule has 34 heavy (non-hydrogen) atoms. The van der Waals surface area contributed by atoms with Crippen molar-refractivity contribution in [2.75, 3.05) is 6.61 Å². The third-order valence-corrected chi connectivity index (χ3v) is 5.47. The summed E-state index contributed by atoms with van der Waals surface area (Å²) in [5.74, 6) is -0.821. The molecule has 1 amide bonds. The molecular formula is C23H23F3N6O2. The Labute approximate surface area is 193 Å². The summed E-state index contributed by atoms with van der Waals surface area (Å²) >= 11 is 0. The van der Waals surface area contributed by atoms with Gasteiger partial charge in [-0.1, -0.05) is 30.3 Å². The molecule has 3 aromatic heterocycles. The molecule has 0 radical (unpaired) electrons. The molecule has 1 aromatic carbocycles. The van der Waals surface area contributed by atoms with Gasteiger partial charge in [0, 0.05) is 29.9 Å². The Kier molecular flexibility index (Phi) is 6.03. The van der Waals surface area contributed by atoms with Crippen LogP contribution in [0.4, 0.5) is 13.2 Å². The van der Waals surface area contributed by atoms with E-state index in [9.17, 15) is 18.0 Å². The summed E-state index contributed by atoms with van der Waals surface area (Å²) in [5, 5.41) is 13.8. The van der Waals surface area contributed by atoms with Crippen LogP contribution in [0.25, 0.3) is 22.3 Å². The second-order valence-electron chi connectivity index (χ2n) is 7.97. The van der Waals surface area contributed by atoms with Gasteiger partial charge < -0.3 is 10.1 Å². The van der Waals surface area contributed by atoms with E-state index in [1.807, 2.05) is 13.8 Å². The summed E-state index contributed by atoms with van der Waals surface area (Å²) in [6, 6.07) is 9.02. The maximum Gasteiger partial charge on any atom is 0.417 e. The van der Waals surface area contributed by atoms with Gasteiger partial charge in [0.2, 0.25) is 5.88 Å². The highest BCUT2D eigenvalue weighted by molar-refractivity contribution is 5.94. The molecule has 0 aliphatic rings. The number of aromatic amines is 1. The Hall–Kier alpha value is -3.89. The predicted octanol–water partition coefficient (Wildman–Crippen LogP) is 4.25. The van der Waals surface area contributed by atoms with E-state index in [0.29, 0.717) is 5.56 Å². The number of carbonyl (C=O) groups excluding carboxylic acids is 1. The average Bonchev–Trinajstić information content (AvgIpc) is 3.30. The van der Waals surface area contributed by atoms with Crippen molar-refractivity contribution in [3.05, 3.63) is 58.9 Å². The molecule has 3 heterocycles. The van der Waals surface area contributed by atoms with E-state index in [4.69, 9.17) is 4.74 Å². The summed E-state index contributed by atoms with van der Waals surface area (Å²) in [6.45, 7) is 4.94. The fraction of sp³-hybridized carbons (Fsp3) is 0.304. The molecular weight excluding hydrogens is 449 g/mol. The first kappa shape index (κ1) is 23.3. The van der Waals surface area contributed by atoms with Crippen molar-refractivity contribution in [2.24, 2.45) is 7.05 Å². The number of H-pyrrole nitrogens is 1. The van der Waals surface area contributed by atoms with Gasteiger partial charge >= 0.3 is 6.18 Å². The van der Waals surface area contributed by atoms with Gasteiger partial charge in [-0.3, -0.25) is 9.89 Å². The second-order valence-corrected chi connectivity index (χ2v) is 7.97. The maximum absolute atomic E-state index is 14.0. The smallest absolute Gasteiger partial charge is 0.417 e. The van der Waals surface area contributed by atoms with Crippen molar-refractivity contribution in [3.8, 4) is 17.1 Å². The second kappa shape index (κ2) is 8.81. The van der Waals surface area contributed by atoms with Crippen LogP contribution in [0.15, 0.2) is 36.4 Å². The largest absolute Gasteiger partial charge is 0.467 e. The first-order valence-corrected chi connectivity index (χ1v) is 10.5. The number of pyridine rings is 1. The lowest BCUT2D eigenvalue weighted by Crippen LogP contribution is -2.31. The Balaban J connectivity index is 1.61. The third-order valence-electron chi connectivity index (χ3n) is 5.47. The van der Waals surface area contributed by atoms with Crippen LogP contribution >= 0.6 is 0 Å².